The van der Waals surface area contributed by atoms with Crippen LogP contribution in [0.3, 0.4) is 0 Å². The molecule has 0 spiro atoms. The Hall–Kier alpha value is -1.14. The van der Waals surface area contributed by atoms with Crippen LogP contribution in [0.15, 0.2) is 24.3 Å². The van der Waals surface area contributed by atoms with Crippen LogP contribution in [0.4, 0.5) is 0 Å². The van der Waals surface area contributed by atoms with Gasteiger partial charge in [-0.25, -0.2) is 0 Å². The van der Waals surface area contributed by atoms with Crippen molar-refractivity contribution in [1.29, 1.82) is 0 Å². The van der Waals surface area contributed by atoms with Crippen LogP contribution in [0.25, 0.3) is 0 Å². The summed E-state index contributed by atoms with van der Waals surface area (Å²) in [5.41, 5.74) is 6.95. The molecule has 1 amide bonds. The molecule has 5 nitrogen and oxygen atoms in total. The molecule has 6 heteroatoms. The highest BCUT2D eigenvalue weighted by Gasteiger charge is 2.24. The number of nitrogens with zero attached hydrogens (tertiary/aromatic N) is 1. The summed E-state index contributed by atoms with van der Waals surface area (Å²) in [4.78, 5) is 14.3. The average Bonchev–Trinajstić information content (AvgIpc) is 2.54. The first-order valence-corrected chi connectivity index (χ1v) is 8.48. The molecule has 1 saturated heterocycles. The average molecular weight is 340 g/mol. The number of hydrogen-bond acceptors (Lipinski definition) is 4. The SMILES string of the molecule is COCC(N)C(=O)NCC1CCCCN1Cc1cccc(Cl)c1. The van der Waals surface area contributed by atoms with Crippen LogP contribution in [0.5, 0.6) is 0 Å². The Balaban J connectivity index is 1.89. The molecule has 0 saturated carbocycles. The van der Waals surface area contributed by atoms with Crippen LogP contribution in [0.1, 0.15) is 24.8 Å². The number of nitrogens with two attached hydrogens (primary N) is 1. The van der Waals surface area contributed by atoms with Crippen molar-refractivity contribution in [1.82, 2.24) is 10.2 Å². The van der Waals surface area contributed by atoms with Gasteiger partial charge in [0.1, 0.15) is 6.04 Å². The summed E-state index contributed by atoms with van der Waals surface area (Å²) in [7, 11) is 1.54. The Labute approximate surface area is 143 Å². The molecule has 128 valence electrons. The Morgan fingerprint density at radius 1 is 1.52 bits per heavy atom. The smallest absolute Gasteiger partial charge is 0.239 e. The minimum atomic E-state index is -0.607. The lowest BCUT2D eigenvalue weighted by Crippen LogP contribution is -2.50. The number of nitrogens with one attached hydrogen (secondary N) is 1. The molecule has 23 heavy (non-hydrogen) atoms. The monoisotopic (exact) mass is 339 g/mol. The molecule has 1 aliphatic heterocycles. The van der Waals surface area contributed by atoms with E-state index in [0.717, 1.165) is 24.5 Å². The van der Waals surface area contributed by atoms with Crippen LogP contribution < -0.4 is 11.1 Å². The molecule has 2 unspecified atom stereocenters. The van der Waals surface area contributed by atoms with E-state index in [0.29, 0.717) is 12.6 Å². The number of carbonyl (C=O) groups is 1. The number of carbonyl (C=O) groups excluding carboxylic acids is 1. The van der Waals surface area contributed by atoms with Gasteiger partial charge in [0.15, 0.2) is 0 Å². The van der Waals surface area contributed by atoms with E-state index in [1.165, 1.54) is 18.4 Å². The molecule has 1 heterocycles. The molecule has 0 aromatic heterocycles. The number of hydrogen-bond donors (Lipinski definition) is 2. The highest BCUT2D eigenvalue weighted by atomic mass is 35.5. The predicted molar refractivity (Wildman–Crippen MR) is 92.4 cm³/mol. The highest BCUT2D eigenvalue weighted by Crippen LogP contribution is 2.20. The van der Waals surface area contributed by atoms with Gasteiger partial charge in [0.2, 0.25) is 5.91 Å². The molecular formula is C17H26ClN3O2. The van der Waals surface area contributed by atoms with Crippen LogP contribution in [-0.4, -0.2) is 49.7 Å². The lowest BCUT2D eigenvalue weighted by molar-refractivity contribution is -0.123. The van der Waals surface area contributed by atoms with Crippen molar-refractivity contribution in [2.45, 2.75) is 37.9 Å². The van der Waals surface area contributed by atoms with Crippen molar-refractivity contribution in [2.75, 3.05) is 26.8 Å². The van der Waals surface area contributed by atoms with Gasteiger partial charge in [-0.1, -0.05) is 30.2 Å². The molecule has 3 N–H and O–H groups in total. The third kappa shape index (κ3) is 5.77. The van der Waals surface area contributed by atoms with E-state index in [4.69, 9.17) is 22.1 Å². The second-order valence-corrected chi connectivity index (χ2v) is 6.49. The number of ether oxygens (including phenoxy) is 1. The molecule has 1 aliphatic rings. The molecule has 0 bridgehead atoms. The molecule has 1 aromatic carbocycles. The number of halogens is 1. The zero-order valence-corrected chi connectivity index (χ0v) is 14.4. The first-order valence-electron chi connectivity index (χ1n) is 8.11. The normalized spacial score (nSPS) is 20.2. The minimum Gasteiger partial charge on any atom is -0.383 e. The molecule has 0 radical (unpaired) electrons. The van der Waals surface area contributed by atoms with Gasteiger partial charge in [0.05, 0.1) is 6.61 Å². The second kappa shape index (κ2) is 9.23. The summed E-state index contributed by atoms with van der Waals surface area (Å²) in [6, 6.07) is 7.68. The van der Waals surface area contributed by atoms with Gasteiger partial charge >= 0.3 is 0 Å². The summed E-state index contributed by atoms with van der Waals surface area (Å²) >= 11 is 6.06. The predicted octanol–water partition coefficient (Wildman–Crippen LogP) is 1.78. The van der Waals surface area contributed by atoms with Gasteiger partial charge in [0.25, 0.3) is 0 Å². The Morgan fingerprint density at radius 3 is 3.09 bits per heavy atom. The Bertz CT molecular complexity index is 512. The van der Waals surface area contributed by atoms with E-state index < -0.39 is 6.04 Å². The quantitative estimate of drug-likeness (QED) is 0.794. The van der Waals surface area contributed by atoms with Crippen LogP contribution >= 0.6 is 11.6 Å². The van der Waals surface area contributed by atoms with Crippen molar-refractivity contribution in [2.24, 2.45) is 5.73 Å². The van der Waals surface area contributed by atoms with Gasteiger partial charge in [-0.15, -0.1) is 0 Å². The lowest BCUT2D eigenvalue weighted by atomic mass is 10.0. The van der Waals surface area contributed by atoms with Crippen LogP contribution in [0.2, 0.25) is 5.02 Å². The van der Waals surface area contributed by atoms with E-state index in [9.17, 15) is 4.79 Å². The zero-order chi connectivity index (χ0) is 16.7. The van der Waals surface area contributed by atoms with Gasteiger partial charge in [-0.3, -0.25) is 9.69 Å². The maximum Gasteiger partial charge on any atom is 0.239 e. The molecular weight excluding hydrogens is 314 g/mol. The third-order valence-electron chi connectivity index (χ3n) is 4.22. The summed E-state index contributed by atoms with van der Waals surface area (Å²) in [6.45, 7) is 2.75. The van der Waals surface area contributed by atoms with Crippen molar-refractivity contribution in [3.05, 3.63) is 34.9 Å². The molecule has 0 aliphatic carbocycles. The number of rotatable bonds is 7. The van der Waals surface area contributed by atoms with E-state index in [1.54, 1.807) is 7.11 Å². The highest BCUT2D eigenvalue weighted by molar-refractivity contribution is 6.30. The standard InChI is InChI=1S/C17H26ClN3O2/c1-23-12-16(19)17(22)20-10-15-7-2-3-8-21(15)11-13-5-4-6-14(18)9-13/h4-6,9,15-16H,2-3,7-8,10-12,19H2,1H3,(H,20,22). The van der Waals surface area contributed by atoms with Crippen molar-refractivity contribution < 1.29 is 9.53 Å². The first kappa shape index (κ1) is 18.2. The Kier molecular flexibility index (Phi) is 7.30. The van der Waals surface area contributed by atoms with E-state index in [2.05, 4.69) is 16.3 Å². The lowest BCUT2D eigenvalue weighted by Gasteiger charge is -2.36. The maximum absolute atomic E-state index is 11.9. The number of likely N-dealkylation sites (tertiary alicyclic amines) is 1. The molecule has 2 rings (SSSR count). The number of piperidine rings is 1. The van der Waals surface area contributed by atoms with Gasteiger partial charge < -0.3 is 15.8 Å². The van der Waals surface area contributed by atoms with Crippen molar-refractivity contribution in [3.63, 3.8) is 0 Å². The first-order chi connectivity index (χ1) is 11.1. The summed E-state index contributed by atoms with van der Waals surface area (Å²) < 4.78 is 4.92. The van der Waals surface area contributed by atoms with Crippen molar-refractivity contribution >= 4 is 17.5 Å². The number of amides is 1. The minimum absolute atomic E-state index is 0.153. The fourth-order valence-corrected chi connectivity index (χ4v) is 3.19. The fraction of sp³-hybridized carbons (Fsp3) is 0.588. The Morgan fingerprint density at radius 2 is 2.35 bits per heavy atom. The summed E-state index contributed by atoms with van der Waals surface area (Å²) in [6.07, 6.45) is 3.46. The van der Waals surface area contributed by atoms with E-state index >= 15 is 0 Å². The van der Waals surface area contributed by atoms with Gasteiger partial charge in [-0.2, -0.15) is 0 Å². The molecule has 1 aromatic rings. The summed E-state index contributed by atoms with van der Waals surface area (Å²) in [5.74, 6) is -0.153. The second-order valence-electron chi connectivity index (χ2n) is 6.06. The number of benzene rings is 1. The van der Waals surface area contributed by atoms with E-state index in [-0.39, 0.29) is 12.5 Å². The third-order valence-corrected chi connectivity index (χ3v) is 4.45. The van der Waals surface area contributed by atoms with Crippen LogP contribution in [0, 0.1) is 0 Å². The molecule has 1 fully saturated rings. The maximum atomic E-state index is 11.9. The van der Waals surface area contributed by atoms with Gasteiger partial charge in [0, 0.05) is 31.3 Å². The fourth-order valence-electron chi connectivity index (χ4n) is 2.97. The van der Waals surface area contributed by atoms with Gasteiger partial charge in [-0.05, 0) is 37.1 Å². The largest absolute Gasteiger partial charge is 0.383 e. The van der Waals surface area contributed by atoms with Crippen molar-refractivity contribution in [3.8, 4) is 0 Å². The number of methoxy groups -OCH3 is 1. The topological polar surface area (TPSA) is 67.6 Å². The van der Waals surface area contributed by atoms with Crippen LogP contribution in [-0.2, 0) is 16.1 Å². The zero-order valence-electron chi connectivity index (χ0n) is 13.6. The van der Waals surface area contributed by atoms with E-state index in [1.807, 2.05) is 18.2 Å². The summed E-state index contributed by atoms with van der Waals surface area (Å²) in [5, 5.41) is 3.71. The molecule has 2 atom stereocenters.